The smallest absolute Gasteiger partial charge is 0.161 e. The Balaban J connectivity index is 2.04. The van der Waals surface area contributed by atoms with Gasteiger partial charge in [-0.05, 0) is 37.0 Å². The van der Waals surface area contributed by atoms with Crippen LogP contribution in [-0.2, 0) is 6.42 Å². The third kappa shape index (κ3) is 3.13. The number of methoxy groups -OCH3 is 1. The van der Waals surface area contributed by atoms with E-state index in [1.54, 1.807) is 7.11 Å². The van der Waals surface area contributed by atoms with Gasteiger partial charge in [0.25, 0.3) is 0 Å². The second kappa shape index (κ2) is 4.96. The molecule has 0 radical (unpaired) electrons. The third-order valence-corrected chi connectivity index (χ3v) is 3.17. The number of ether oxygens (including phenoxy) is 2. The Kier molecular flexibility index (Phi) is 3.57. The number of benzene rings is 1. The molecule has 0 aromatic heterocycles. The van der Waals surface area contributed by atoms with E-state index in [9.17, 15) is 0 Å². The number of nitrogens with two attached hydrogens (primary N) is 1. The van der Waals surface area contributed by atoms with Crippen LogP contribution in [0, 0.1) is 0 Å². The molecular formula is C14H21NO2. The van der Waals surface area contributed by atoms with Gasteiger partial charge in [0, 0.05) is 0 Å². The Morgan fingerprint density at radius 1 is 1.29 bits per heavy atom. The topological polar surface area (TPSA) is 44.5 Å². The van der Waals surface area contributed by atoms with Gasteiger partial charge in [-0.25, -0.2) is 0 Å². The van der Waals surface area contributed by atoms with Crippen LogP contribution in [0.4, 0.5) is 0 Å². The Hall–Kier alpha value is -1.22. The fourth-order valence-corrected chi connectivity index (χ4v) is 1.80. The Bertz CT molecular complexity index is 386. The van der Waals surface area contributed by atoms with Gasteiger partial charge in [0.05, 0.1) is 12.6 Å². The van der Waals surface area contributed by atoms with Crippen molar-refractivity contribution in [3.63, 3.8) is 0 Å². The van der Waals surface area contributed by atoms with Crippen LogP contribution in [0.1, 0.15) is 31.7 Å². The second-order valence-corrected chi connectivity index (χ2v) is 4.89. The predicted octanol–water partition coefficient (Wildman–Crippen LogP) is 2.52. The van der Waals surface area contributed by atoms with Crippen LogP contribution in [-0.4, -0.2) is 19.3 Å². The molecule has 0 amide bonds. The minimum atomic E-state index is -0.0902. The highest BCUT2D eigenvalue weighted by atomic mass is 16.5. The van der Waals surface area contributed by atoms with Crippen molar-refractivity contribution in [2.75, 3.05) is 13.7 Å². The van der Waals surface area contributed by atoms with Gasteiger partial charge >= 0.3 is 0 Å². The molecule has 3 nitrogen and oxygen atoms in total. The molecule has 17 heavy (non-hydrogen) atoms. The highest BCUT2D eigenvalue weighted by Gasteiger charge is 2.39. The summed E-state index contributed by atoms with van der Waals surface area (Å²) >= 11 is 0. The normalized spacial score (nSPS) is 16.6. The first-order valence-electron chi connectivity index (χ1n) is 6.25. The first-order valence-corrected chi connectivity index (χ1v) is 6.25. The summed E-state index contributed by atoms with van der Waals surface area (Å²) in [5.41, 5.74) is 7.19. The van der Waals surface area contributed by atoms with Crippen molar-refractivity contribution in [2.24, 2.45) is 5.73 Å². The summed E-state index contributed by atoms with van der Waals surface area (Å²) in [4.78, 5) is 0. The van der Waals surface area contributed by atoms with E-state index in [1.165, 1.54) is 5.56 Å². The van der Waals surface area contributed by atoms with Crippen LogP contribution in [0.25, 0.3) is 0 Å². The predicted molar refractivity (Wildman–Crippen MR) is 68.6 cm³/mol. The molecule has 0 atom stereocenters. The fraction of sp³-hybridized carbons (Fsp3) is 0.571. The van der Waals surface area contributed by atoms with Crippen LogP contribution < -0.4 is 15.2 Å². The van der Waals surface area contributed by atoms with E-state index >= 15 is 0 Å². The molecule has 2 N–H and O–H groups in total. The van der Waals surface area contributed by atoms with Crippen molar-refractivity contribution in [3.05, 3.63) is 23.8 Å². The second-order valence-electron chi connectivity index (χ2n) is 4.89. The van der Waals surface area contributed by atoms with Gasteiger partial charge in [-0.3, -0.25) is 0 Å². The molecule has 0 aliphatic heterocycles. The zero-order valence-corrected chi connectivity index (χ0v) is 10.7. The number of hydrogen-bond acceptors (Lipinski definition) is 3. The lowest BCUT2D eigenvalue weighted by atomic mass is 10.1. The van der Waals surface area contributed by atoms with E-state index in [1.807, 2.05) is 6.07 Å². The molecular weight excluding hydrogens is 214 g/mol. The van der Waals surface area contributed by atoms with E-state index < -0.39 is 0 Å². The summed E-state index contributed by atoms with van der Waals surface area (Å²) in [5.74, 6) is 1.60. The molecule has 0 heterocycles. The van der Waals surface area contributed by atoms with Crippen molar-refractivity contribution in [1.29, 1.82) is 0 Å². The minimum absolute atomic E-state index is 0.0902. The summed E-state index contributed by atoms with van der Waals surface area (Å²) in [5, 5.41) is 0. The van der Waals surface area contributed by atoms with Crippen LogP contribution >= 0.6 is 0 Å². The van der Waals surface area contributed by atoms with E-state index in [4.69, 9.17) is 15.2 Å². The zero-order chi connectivity index (χ0) is 12.3. The van der Waals surface area contributed by atoms with Gasteiger partial charge in [0.15, 0.2) is 11.5 Å². The van der Waals surface area contributed by atoms with Crippen molar-refractivity contribution >= 4 is 0 Å². The molecule has 1 saturated carbocycles. The Labute approximate surface area is 103 Å². The first-order chi connectivity index (χ1) is 8.17. The summed E-state index contributed by atoms with van der Waals surface area (Å²) in [7, 11) is 1.67. The van der Waals surface area contributed by atoms with E-state index in [-0.39, 0.29) is 5.54 Å². The average molecular weight is 235 g/mol. The van der Waals surface area contributed by atoms with Gasteiger partial charge in [-0.2, -0.15) is 0 Å². The molecule has 1 aliphatic carbocycles. The van der Waals surface area contributed by atoms with Crippen LogP contribution in [0.15, 0.2) is 18.2 Å². The summed E-state index contributed by atoms with van der Waals surface area (Å²) in [6.07, 6.45) is 4.32. The number of hydrogen-bond donors (Lipinski definition) is 1. The minimum Gasteiger partial charge on any atom is -0.493 e. The largest absolute Gasteiger partial charge is 0.493 e. The standard InChI is InChI=1S/C14H21NO2/c1-3-4-11-5-6-12(13(9-11)16-2)17-10-14(15)7-8-14/h5-6,9H,3-4,7-8,10,15H2,1-2H3. The molecule has 0 saturated heterocycles. The summed E-state index contributed by atoms with van der Waals surface area (Å²) in [6, 6.07) is 6.13. The maximum atomic E-state index is 6.00. The van der Waals surface area contributed by atoms with E-state index in [2.05, 4.69) is 19.1 Å². The molecule has 1 aromatic rings. The van der Waals surface area contributed by atoms with E-state index in [0.717, 1.165) is 37.2 Å². The van der Waals surface area contributed by atoms with Crippen molar-refractivity contribution in [2.45, 2.75) is 38.1 Å². The zero-order valence-electron chi connectivity index (χ0n) is 10.7. The molecule has 2 rings (SSSR count). The van der Waals surface area contributed by atoms with Crippen LogP contribution in [0.3, 0.4) is 0 Å². The molecule has 0 spiro atoms. The van der Waals surface area contributed by atoms with Gasteiger partial charge in [-0.15, -0.1) is 0 Å². The SMILES string of the molecule is CCCc1ccc(OCC2(N)CC2)c(OC)c1. The van der Waals surface area contributed by atoms with Gasteiger partial charge in [-0.1, -0.05) is 19.4 Å². The van der Waals surface area contributed by atoms with Gasteiger partial charge in [0.2, 0.25) is 0 Å². The van der Waals surface area contributed by atoms with Gasteiger partial charge in [0.1, 0.15) is 6.61 Å². The number of rotatable bonds is 6. The molecule has 1 aromatic carbocycles. The molecule has 0 bridgehead atoms. The average Bonchev–Trinajstić information content (AvgIpc) is 3.06. The monoisotopic (exact) mass is 235 g/mol. The quantitative estimate of drug-likeness (QED) is 0.824. The Morgan fingerprint density at radius 3 is 2.65 bits per heavy atom. The first kappa shape index (κ1) is 12.2. The van der Waals surface area contributed by atoms with Crippen molar-refractivity contribution < 1.29 is 9.47 Å². The molecule has 1 fully saturated rings. The maximum Gasteiger partial charge on any atom is 0.161 e. The lowest BCUT2D eigenvalue weighted by Gasteiger charge is -2.14. The summed E-state index contributed by atoms with van der Waals surface area (Å²) in [6.45, 7) is 2.75. The fourth-order valence-electron chi connectivity index (χ4n) is 1.80. The van der Waals surface area contributed by atoms with E-state index in [0.29, 0.717) is 6.61 Å². The highest BCUT2D eigenvalue weighted by Crippen LogP contribution is 2.35. The van der Waals surface area contributed by atoms with Crippen LogP contribution in [0.5, 0.6) is 11.5 Å². The lowest BCUT2D eigenvalue weighted by Crippen LogP contribution is -2.29. The summed E-state index contributed by atoms with van der Waals surface area (Å²) < 4.78 is 11.1. The third-order valence-electron chi connectivity index (χ3n) is 3.17. The lowest BCUT2D eigenvalue weighted by molar-refractivity contribution is 0.264. The number of aryl methyl sites for hydroxylation is 1. The van der Waals surface area contributed by atoms with Gasteiger partial charge < -0.3 is 15.2 Å². The molecule has 0 unspecified atom stereocenters. The maximum absolute atomic E-state index is 6.00. The molecule has 3 heteroatoms. The van der Waals surface area contributed by atoms with Crippen LogP contribution in [0.2, 0.25) is 0 Å². The van der Waals surface area contributed by atoms with Crippen molar-refractivity contribution in [3.8, 4) is 11.5 Å². The van der Waals surface area contributed by atoms with Crippen molar-refractivity contribution in [1.82, 2.24) is 0 Å². The highest BCUT2D eigenvalue weighted by molar-refractivity contribution is 5.43. The Morgan fingerprint density at radius 2 is 2.06 bits per heavy atom. The molecule has 1 aliphatic rings. The molecule has 94 valence electrons.